The largest absolute Gasteiger partial charge is 0.477 e. The molecule has 0 atom stereocenters. The highest BCUT2D eigenvalue weighted by Gasteiger charge is 2.24. The van der Waals surface area contributed by atoms with Crippen molar-refractivity contribution in [3.63, 3.8) is 0 Å². The lowest BCUT2D eigenvalue weighted by molar-refractivity contribution is 0.0686. The van der Waals surface area contributed by atoms with Crippen molar-refractivity contribution in [3.8, 4) is 11.1 Å². The molecule has 0 aliphatic carbocycles. The molecule has 0 aliphatic rings. The van der Waals surface area contributed by atoms with E-state index in [0.717, 1.165) is 27.4 Å². The van der Waals surface area contributed by atoms with Crippen LogP contribution in [0.15, 0.2) is 29.8 Å². The molecule has 0 bridgehead atoms. The first kappa shape index (κ1) is 15.7. The van der Waals surface area contributed by atoms with Gasteiger partial charge in [-0.1, -0.05) is 23.7 Å². The molecule has 7 heteroatoms. The molecule has 3 rings (SSSR count). The Morgan fingerprint density at radius 1 is 1.30 bits per heavy atom. The molecule has 23 heavy (non-hydrogen) atoms. The highest BCUT2D eigenvalue weighted by atomic mass is 35.5. The van der Waals surface area contributed by atoms with Crippen LogP contribution in [0.25, 0.3) is 11.1 Å². The van der Waals surface area contributed by atoms with Crippen molar-refractivity contribution >= 4 is 28.9 Å². The highest BCUT2D eigenvalue weighted by molar-refractivity contribution is 7.09. The summed E-state index contributed by atoms with van der Waals surface area (Å²) in [7, 11) is 0. The third-order valence-electron chi connectivity index (χ3n) is 3.86. The van der Waals surface area contributed by atoms with Gasteiger partial charge in [-0.2, -0.15) is 0 Å². The minimum Gasteiger partial charge on any atom is -0.477 e. The number of aromatic nitrogens is 3. The molecule has 0 fully saturated rings. The first-order chi connectivity index (χ1) is 11.0. The van der Waals surface area contributed by atoms with Crippen LogP contribution in [0.4, 0.5) is 0 Å². The zero-order valence-corrected chi connectivity index (χ0v) is 14.1. The van der Waals surface area contributed by atoms with Crippen LogP contribution in [-0.2, 0) is 6.54 Å². The monoisotopic (exact) mass is 347 g/mol. The van der Waals surface area contributed by atoms with Crippen molar-refractivity contribution in [2.24, 2.45) is 0 Å². The van der Waals surface area contributed by atoms with E-state index in [4.69, 9.17) is 11.6 Å². The molecule has 118 valence electrons. The summed E-state index contributed by atoms with van der Waals surface area (Å²) in [6, 6.07) is 7.20. The van der Waals surface area contributed by atoms with Gasteiger partial charge >= 0.3 is 5.97 Å². The van der Waals surface area contributed by atoms with Gasteiger partial charge in [0.2, 0.25) is 0 Å². The molecule has 2 heterocycles. The molecule has 1 aromatic carbocycles. The Hall–Kier alpha value is -2.18. The van der Waals surface area contributed by atoms with E-state index in [9.17, 15) is 9.90 Å². The quantitative estimate of drug-likeness (QED) is 0.773. The summed E-state index contributed by atoms with van der Waals surface area (Å²) in [4.78, 5) is 11.9. The maximum atomic E-state index is 11.9. The smallest absolute Gasteiger partial charge is 0.353 e. The third-order valence-corrected chi connectivity index (χ3v) is 4.80. The molecule has 1 N–H and O–H groups in total. The van der Waals surface area contributed by atoms with Crippen molar-refractivity contribution in [2.45, 2.75) is 20.4 Å². The Morgan fingerprint density at radius 3 is 2.57 bits per heavy atom. The van der Waals surface area contributed by atoms with Gasteiger partial charge in [0, 0.05) is 16.3 Å². The van der Waals surface area contributed by atoms with Gasteiger partial charge < -0.3 is 9.67 Å². The average Bonchev–Trinajstić information content (AvgIpc) is 3.11. The number of nitrogens with zero attached hydrogens (tertiary/aromatic N) is 3. The lowest BCUT2D eigenvalue weighted by atomic mass is 10.0. The maximum Gasteiger partial charge on any atom is 0.353 e. The van der Waals surface area contributed by atoms with Gasteiger partial charge in [0.15, 0.2) is 0 Å². The van der Waals surface area contributed by atoms with Crippen LogP contribution in [0.5, 0.6) is 0 Å². The van der Waals surface area contributed by atoms with E-state index < -0.39 is 5.97 Å². The van der Waals surface area contributed by atoms with Crippen molar-refractivity contribution in [1.82, 2.24) is 14.8 Å². The van der Waals surface area contributed by atoms with Crippen LogP contribution in [0.2, 0.25) is 5.02 Å². The molecule has 0 radical (unpaired) electrons. The molecule has 0 saturated carbocycles. The zero-order valence-electron chi connectivity index (χ0n) is 12.6. The molecule has 0 spiro atoms. The van der Waals surface area contributed by atoms with Gasteiger partial charge in [-0.3, -0.25) is 0 Å². The number of hydrogen-bond donors (Lipinski definition) is 1. The summed E-state index contributed by atoms with van der Waals surface area (Å²) in [6.07, 6.45) is 0. The van der Waals surface area contributed by atoms with Crippen molar-refractivity contribution in [1.29, 1.82) is 0 Å². The van der Waals surface area contributed by atoms with Gasteiger partial charge in [0.05, 0.1) is 6.54 Å². The van der Waals surface area contributed by atoms with Crippen LogP contribution >= 0.6 is 22.9 Å². The summed E-state index contributed by atoms with van der Waals surface area (Å²) >= 11 is 7.34. The average molecular weight is 348 g/mol. The van der Waals surface area contributed by atoms with E-state index in [1.54, 1.807) is 22.2 Å². The molecule has 5 nitrogen and oxygen atoms in total. The number of rotatable bonds is 4. The second-order valence-corrected chi connectivity index (χ2v) is 6.52. The zero-order chi connectivity index (χ0) is 16.6. The predicted molar refractivity (Wildman–Crippen MR) is 90.3 cm³/mol. The standard InChI is InChI=1S/C16H14ClN3O2S/c1-9-10(2)20(7-13-19-18-8-23-13)15(16(21)22)14(9)11-3-5-12(17)6-4-11/h3-6,8H,7H2,1-2H3,(H,21,22). The van der Waals surface area contributed by atoms with Gasteiger partial charge in [-0.05, 0) is 37.1 Å². The molecule has 0 amide bonds. The number of carboxylic acid groups (broad SMARTS) is 1. The van der Waals surface area contributed by atoms with Gasteiger partial charge in [0.25, 0.3) is 0 Å². The molecule has 2 aromatic heterocycles. The first-order valence-electron chi connectivity index (χ1n) is 6.93. The fourth-order valence-corrected chi connectivity index (χ4v) is 3.29. The second-order valence-electron chi connectivity index (χ2n) is 5.16. The lowest BCUT2D eigenvalue weighted by Gasteiger charge is -2.08. The number of halogens is 1. The Bertz CT molecular complexity index is 855. The SMILES string of the molecule is Cc1c(-c2ccc(Cl)cc2)c(C(=O)O)n(Cc2nncs2)c1C. The summed E-state index contributed by atoms with van der Waals surface area (Å²) in [5.41, 5.74) is 5.30. The van der Waals surface area contributed by atoms with Gasteiger partial charge in [0.1, 0.15) is 16.2 Å². The van der Waals surface area contributed by atoms with E-state index in [1.807, 2.05) is 26.0 Å². The van der Waals surface area contributed by atoms with E-state index in [1.165, 1.54) is 11.3 Å². The van der Waals surface area contributed by atoms with Crippen LogP contribution in [-0.4, -0.2) is 25.8 Å². The minimum atomic E-state index is -0.962. The fraction of sp³-hybridized carbons (Fsp3) is 0.188. The minimum absolute atomic E-state index is 0.262. The summed E-state index contributed by atoms with van der Waals surface area (Å²) in [5, 5.41) is 19.0. The van der Waals surface area contributed by atoms with Crippen molar-refractivity contribution < 1.29 is 9.90 Å². The number of hydrogen-bond acceptors (Lipinski definition) is 4. The molecule has 0 saturated heterocycles. The summed E-state index contributed by atoms with van der Waals surface area (Å²) < 4.78 is 1.78. The number of carboxylic acids is 1. The Kier molecular flexibility index (Phi) is 4.19. The van der Waals surface area contributed by atoms with Crippen LogP contribution in [0.3, 0.4) is 0 Å². The van der Waals surface area contributed by atoms with Gasteiger partial charge in [-0.25, -0.2) is 4.79 Å². The molecule has 0 aliphatic heterocycles. The highest BCUT2D eigenvalue weighted by Crippen LogP contribution is 2.33. The molecule has 3 aromatic rings. The Labute approximate surface area is 142 Å². The topological polar surface area (TPSA) is 68.0 Å². The first-order valence-corrected chi connectivity index (χ1v) is 8.18. The van der Waals surface area contributed by atoms with Crippen molar-refractivity contribution in [3.05, 3.63) is 56.8 Å². The summed E-state index contributed by atoms with van der Waals surface area (Å²) in [6.45, 7) is 4.25. The van der Waals surface area contributed by atoms with Crippen LogP contribution < -0.4 is 0 Å². The van der Waals surface area contributed by atoms with E-state index in [-0.39, 0.29) is 5.69 Å². The van der Waals surface area contributed by atoms with E-state index in [2.05, 4.69) is 10.2 Å². The normalized spacial score (nSPS) is 10.9. The summed E-state index contributed by atoms with van der Waals surface area (Å²) in [5.74, 6) is -0.962. The van der Waals surface area contributed by atoms with E-state index in [0.29, 0.717) is 11.6 Å². The fourth-order valence-electron chi connectivity index (χ4n) is 2.65. The molecule has 0 unspecified atom stereocenters. The van der Waals surface area contributed by atoms with Crippen LogP contribution in [0, 0.1) is 13.8 Å². The van der Waals surface area contributed by atoms with Crippen molar-refractivity contribution in [2.75, 3.05) is 0 Å². The number of benzene rings is 1. The molecular formula is C16H14ClN3O2S. The Balaban J connectivity index is 2.19. The third kappa shape index (κ3) is 2.87. The van der Waals surface area contributed by atoms with Gasteiger partial charge in [-0.15, -0.1) is 21.5 Å². The van der Waals surface area contributed by atoms with E-state index >= 15 is 0 Å². The predicted octanol–water partition coefficient (Wildman–Crippen LogP) is 4.02. The number of aromatic carboxylic acids is 1. The molecular weight excluding hydrogens is 334 g/mol. The lowest BCUT2D eigenvalue weighted by Crippen LogP contribution is -2.11. The Morgan fingerprint density at radius 2 is 2.00 bits per heavy atom. The van der Waals surface area contributed by atoms with Crippen LogP contribution in [0.1, 0.15) is 26.8 Å². The number of carbonyl (C=O) groups is 1. The maximum absolute atomic E-state index is 11.9. The second kappa shape index (κ2) is 6.14.